The van der Waals surface area contributed by atoms with E-state index in [0.29, 0.717) is 24.3 Å². The van der Waals surface area contributed by atoms with E-state index < -0.39 is 0 Å². The number of amides is 1. The molecule has 0 atom stereocenters. The average Bonchev–Trinajstić information content (AvgIpc) is 3.17. The minimum absolute atomic E-state index is 0.250. The second kappa shape index (κ2) is 7.10. The molecule has 1 N–H and O–H groups in total. The maximum atomic E-state index is 12.3. The summed E-state index contributed by atoms with van der Waals surface area (Å²) in [5.41, 5.74) is 3.40. The zero-order valence-electron chi connectivity index (χ0n) is 13.9. The number of pyridine rings is 1. The van der Waals surface area contributed by atoms with Crippen LogP contribution in [-0.4, -0.2) is 37.2 Å². The Labute approximate surface area is 149 Å². The van der Waals surface area contributed by atoms with Crippen molar-refractivity contribution < 1.29 is 4.79 Å². The van der Waals surface area contributed by atoms with Crippen molar-refractivity contribution in [1.29, 1.82) is 0 Å². The highest BCUT2D eigenvalue weighted by Crippen LogP contribution is 2.12. The Balaban J connectivity index is 1.37. The first-order valence-corrected chi connectivity index (χ1v) is 8.24. The third-order valence-electron chi connectivity index (χ3n) is 3.88. The van der Waals surface area contributed by atoms with Crippen molar-refractivity contribution in [3.05, 3.63) is 72.8 Å². The van der Waals surface area contributed by atoms with Gasteiger partial charge >= 0.3 is 0 Å². The molecular weight excluding hydrogens is 328 g/mol. The van der Waals surface area contributed by atoms with Gasteiger partial charge in [0.05, 0.1) is 29.5 Å². The molecule has 3 heterocycles. The molecule has 0 saturated heterocycles. The third-order valence-corrected chi connectivity index (χ3v) is 3.88. The van der Waals surface area contributed by atoms with Crippen LogP contribution in [0.2, 0.25) is 0 Å². The smallest absolute Gasteiger partial charge is 0.271 e. The van der Waals surface area contributed by atoms with E-state index in [1.807, 2.05) is 54.7 Å². The van der Waals surface area contributed by atoms with E-state index in [0.717, 1.165) is 16.9 Å². The molecule has 0 fully saturated rings. The Bertz CT molecular complexity index is 1040. The third kappa shape index (κ3) is 3.41. The molecular formula is C19H16N6O. The van der Waals surface area contributed by atoms with Gasteiger partial charge in [0, 0.05) is 18.9 Å². The highest BCUT2D eigenvalue weighted by molar-refractivity contribution is 5.93. The number of carbonyl (C=O) groups excluding carboxylic acids is 1. The van der Waals surface area contributed by atoms with Crippen molar-refractivity contribution in [2.24, 2.45) is 0 Å². The fourth-order valence-corrected chi connectivity index (χ4v) is 2.58. The number of hydrogen-bond donors (Lipinski definition) is 1. The van der Waals surface area contributed by atoms with Crippen LogP contribution < -0.4 is 5.32 Å². The Morgan fingerprint density at radius 3 is 2.65 bits per heavy atom. The highest BCUT2D eigenvalue weighted by Gasteiger charge is 2.09. The Kier molecular flexibility index (Phi) is 4.34. The van der Waals surface area contributed by atoms with E-state index in [4.69, 9.17) is 0 Å². The van der Waals surface area contributed by atoms with Crippen molar-refractivity contribution in [2.75, 3.05) is 6.54 Å². The van der Waals surface area contributed by atoms with Crippen LogP contribution >= 0.6 is 0 Å². The molecule has 0 spiro atoms. The second-order valence-electron chi connectivity index (χ2n) is 5.68. The van der Waals surface area contributed by atoms with Gasteiger partial charge in [0.1, 0.15) is 11.4 Å². The van der Waals surface area contributed by atoms with E-state index >= 15 is 0 Å². The summed E-state index contributed by atoms with van der Waals surface area (Å²) in [5, 5.41) is 7.31. The predicted octanol–water partition coefficient (Wildman–Crippen LogP) is 2.32. The Morgan fingerprint density at radius 2 is 1.81 bits per heavy atom. The van der Waals surface area contributed by atoms with Gasteiger partial charge < -0.3 is 5.32 Å². The van der Waals surface area contributed by atoms with Crippen LogP contribution in [0.1, 0.15) is 10.5 Å². The number of fused-ring (bicyclic) bond motifs is 1. The number of aromatic nitrogens is 5. The molecule has 1 aromatic carbocycles. The fourth-order valence-electron chi connectivity index (χ4n) is 2.58. The maximum Gasteiger partial charge on any atom is 0.271 e. The van der Waals surface area contributed by atoms with Gasteiger partial charge in [0.2, 0.25) is 0 Å². The number of rotatable bonds is 5. The van der Waals surface area contributed by atoms with Crippen LogP contribution in [-0.2, 0) is 6.54 Å². The number of carbonyl (C=O) groups is 1. The van der Waals surface area contributed by atoms with Crippen LogP contribution in [0.3, 0.4) is 0 Å². The molecule has 4 aromatic rings. The van der Waals surface area contributed by atoms with E-state index in [1.165, 1.54) is 6.20 Å². The molecule has 7 heteroatoms. The van der Waals surface area contributed by atoms with E-state index in [9.17, 15) is 4.79 Å². The van der Waals surface area contributed by atoms with Gasteiger partial charge in [-0.1, -0.05) is 18.2 Å². The van der Waals surface area contributed by atoms with Crippen LogP contribution in [0.25, 0.3) is 22.4 Å². The summed E-state index contributed by atoms with van der Waals surface area (Å²) in [4.78, 5) is 25.1. The molecule has 0 bridgehead atoms. The van der Waals surface area contributed by atoms with E-state index in [-0.39, 0.29) is 5.91 Å². The molecule has 0 radical (unpaired) electrons. The average molecular weight is 344 g/mol. The number of para-hydroxylation sites is 2. The second-order valence-corrected chi connectivity index (χ2v) is 5.68. The molecule has 0 aliphatic carbocycles. The minimum atomic E-state index is -0.250. The molecule has 0 unspecified atom stereocenters. The van der Waals surface area contributed by atoms with Gasteiger partial charge in [-0.25, -0.2) is 4.98 Å². The summed E-state index contributed by atoms with van der Waals surface area (Å²) in [6.45, 7) is 0.996. The van der Waals surface area contributed by atoms with Crippen LogP contribution in [0.4, 0.5) is 0 Å². The van der Waals surface area contributed by atoms with Gasteiger partial charge in [0.25, 0.3) is 5.91 Å². The summed E-state index contributed by atoms with van der Waals surface area (Å²) in [5.74, 6) is -0.250. The van der Waals surface area contributed by atoms with Crippen molar-refractivity contribution in [3.8, 4) is 11.4 Å². The van der Waals surface area contributed by atoms with E-state index in [2.05, 4.69) is 25.4 Å². The molecule has 26 heavy (non-hydrogen) atoms. The zero-order chi connectivity index (χ0) is 17.8. The molecule has 1 amide bonds. The number of hydrogen-bond acceptors (Lipinski definition) is 5. The van der Waals surface area contributed by atoms with Gasteiger partial charge in [0.15, 0.2) is 0 Å². The minimum Gasteiger partial charge on any atom is -0.349 e. The molecule has 4 rings (SSSR count). The van der Waals surface area contributed by atoms with Gasteiger partial charge in [-0.2, -0.15) is 5.10 Å². The van der Waals surface area contributed by atoms with Crippen molar-refractivity contribution in [2.45, 2.75) is 6.54 Å². The first-order chi connectivity index (χ1) is 12.8. The van der Waals surface area contributed by atoms with Gasteiger partial charge in [-0.15, -0.1) is 0 Å². The van der Waals surface area contributed by atoms with Gasteiger partial charge in [-0.05, 0) is 30.3 Å². The van der Waals surface area contributed by atoms with Crippen molar-refractivity contribution in [1.82, 2.24) is 30.0 Å². The number of benzene rings is 1. The zero-order valence-corrected chi connectivity index (χ0v) is 13.9. The number of nitrogens with one attached hydrogen (secondary N) is 1. The summed E-state index contributed by atoms with van der Waals surface area (Å²) in [6, 6.07) is 15.1. The summed E-state index contributed by atoms with van der Waals surface area (Å²) >= 11 is 0. The SMILES string of the molecule is O=C(NCCn1ccc(-c2ccccn2)n1)c1cnc2ccccc2n1. The monoisotopic (exact) mass is 344 g/mol. The summed E-state index contributed by atoms with van der Waals surface area (Å²) < 4.78 is 1.77. The largest absolute Gasteiger partial charge is 0.349 e. The molecule has 7 nitrogen and oxygen atoms in total. The Hall–Kier alpha value is -3.61. The van der Waals surface area contributed by atoms with Crippen molar-refractivity contribution in [3.63, 3.8) is 0 Å². The quantitative estimate of drug-likeness (QED) is 0.600. The summed E-state index contributed by atoms with van der Waals surface area (Å²) in [7, 11) is 0. The van der Waals surface area contributed by atoms with Crippen LogP contribution in [0.5, 0.6) is 0 Å². The predicted molar refractivity (Wildman–Crippen MR) is 97.3 cm³/mol. The fraction of sp³-hybridized carbons (Fsp3) is 0.105. The molecule has 0 saturated carbocycles. The van der Waals surface area contributed by atoms with E-state index in [1.54, 1.807) is 10.9 Å². The molecule has 128 valence electrons. The Morgan fingerprint density at radius 1 is 0.962 bits per heavy atom. The topological polar surface area (TPSA) is 85.6 Å². The van der Waals surface area contributed by atoms with Crippen LogP contribution in [0, 0.1) is 0 Å². The molecule has 0 aliphatic heterocycles. The lowest BCUT2D eigenvalue weighted by Crippen LogP contribution is -2.28. The van der Waals surface area contributed by atoms with Crippen LogP contribution in [0.15, 0.2) is 67.1 Å². The lowest BCUT2D eigenvalue weighted by Gasteiger charge is -2.05. The lowest BCUT2D eigenvalue weighted by atomic mass is 10.3. The number of nitrogens with zero attached hydrogens (tertiary/aromatic N) is 5. The lowest BCUT2D eigenvalue weighted by molar-refractivity contribution is 0.0947. The normalized spacial score (nSPS) is 10.8. The highest BCUT2D eigenvalue weighted by atomic mass is 16.1. The standard InChI is InChI=1S/C19H16N6O/c26-19(18-13-22-14-5-1-2-7-16(14)23-18)21-10-12-25-11-8-17(24-25)15-6-3-4-9-20-15/h1-9,11,13H,10,12H2,(H,21,26). The first kappa shape index (κ1) is 15.9. The first-order valence-electron chi connectivity index (χ1n) is 8.24. The molecule has 3 aromatic heterocycles. The molecule has 0 aliphatic rings. The summed E-state index contributed by atoms with van der Waals surface area (Å²) in [6.07, 6.45) is 5.09. The van der Waals surface area contributed by atoms with Crippen molar-refractivity contribution >= 4 is 16.9 Å². The van der Waals surface area contributed by atoms with Gasteiger partial charge in [-0.3, -0.25) is 19.4 Å². The maximum absolute atomic E-state index is 12.3.